The highest BCUT2D eigenvalue weighted by atomic mass is 16.2. The first-order valence-electron chi connectivity index (χ1n) is 11.2. The molecule has 0 radical (unpaired) electrons. The van der Waals surface area contributed by atoms with Gasteiger partial charge in [-0.15, -0.1) is 0 Å². The maximum atomic E-state index is 12.9. The van der Waals surface area contributed by atoms with E-state index in [4.69, 9.17) is 9.97 Å². The number of allylic oxidation sites excluding steroid dienone is 2. The maximum Gasteiger partial charge on any atom is 0.239 e. The van der Waals surface area contributed by atoms with Gasteiger partial charge in [-0.25, -0.2) is 9.97 Å². The molecule has 0 saturated heterocycles. The smallest absolute Gasteiger partial charge is 0.239 e. The Morgan fingerprint density at radius 1 is 1.00 bits per heavy atom. The predicted molar refractivity (Wildman–Crippen MR) is 132 cm³/mol. The molecule has 0 spiro atoms. The highest BCUT2D eigenvalue weighted by Crippen LogP contribution is 2.27. The average Bonchev–Trinajstić information content (AvgIpc) is 3.02. The van der Waals surface area contributed by atoms with Crippen LogP contribution in [-0.2, 0) is 4.79 Å². The minimum absolute atomic E-state index is 0.0604. The van der Waals surface area contributed by atoms with Gasteiger partial charge in [0.25, 0.3) is 0 Å². The molecule has 1 aliphatic rings. The number of aromatic nitrogens is 2. The number of carbonyl (C=O) groups excluding carboxylic acids is 1. The molecule has 32 heavy (non-hydrogen) atoms. The van der Waals surface area contributed by atoms with Gasteiger partial charge in [0.1, 0.15) is 5.82 Å². The third-order valence-electron chi connectivity index (χ3n) is 5.32. The van der Waals surface area contributed by atoms with Gasteiger partial charge in [-0.2, -0.15) is 0 Å². The van der Waals surface area contributed by atoms with Crippen molar-refractivity contribution >= 4 is 40.1 Å². The van der Waals surface area contributed by atoms with Gasteiger partial charge in [0.05, 0.1) is 17.8 Å². The number of nitrogens with one attached hydrogen (secondary N) is 2. The molecule has 164 valence electrons. The van der Waals surface area contributed by atoms with Crippen LogP contribution in [0.2, 0.25) is 0 Å². The minimum Gasteiger partial charge on any atom is -0.352 e. The molecular formula is C26H29N5O. The summed E-state index contributed by atoms with van der Waals surface area (Å²) < 4.78 is 0. The summed E-state index contributed by atoms with van der Waals surface area (Å²) in [6.07, 6.45) is 8.03. The number of hydrogen-bond acceptors (Lipinski definition) is 5. The lowest BCUT2D eigenvalue weighted by atomic mass is 10.2. The molecule has 1 amide bonds. The van der Waals surface area contributed by atoms with Gasteiger partial charge in [0.15, 0.2) is 5.82 Å². The summed E-state index contributed by atoms with van der Waals surface area (Å²) in [4.78, 5) is 24.6. The van der Waals surface area contributed by atoms with Crippen molar-refractivity contribution in [2.24, 2.45) is 0 Å². The first-order chi connectivity index (χ1) is 15.7. The Hall–Kier alpha value is -3.51. The van der Waals surface area contributed by atoms with E-state index in [9.17, 15) is 4.79 Å². The molecule has 2 N–H and O–H groups in total. The van der Waals surface area contributed by atoms with Crippen molar-refractivity contribution in [2.75, 3.05) is 30.3 Å². The lowest BCUT2D eigenvalue weighted by molar-refractivity contribution is -0.117. The van der Waals surface area contributed by atoms with E-state index in [1.165, 1.54) is 0 Å². The van der Waals surface area contributed by atoms with Crippen LogP contribution in [0.5, 0.6) is 0 Å². The number of nitrogens with zero attached hydrogens (tertiary/aromatic N) is 3. The SMILES string of the molecule is CCCN(CCC)CC(=O)Nc1nc(C2=CC=Cc3ccccc3N2)nc2ccccc12. The molecule has 0 aliphatic carbocycles. The fourth-order valence-electron chi connectivity index (χ4n) is 3.89. The number of amides is 1. The van der Waals surface area contributed by atoms with E-state index < -0.39 is 0 Å². The van der Waals surface area contributed by atoms with E-state index in [2.05, 4.69) is 41.5 Å². The van der Waals surface area contributed by atoms with Gasteiger partial charge in [0, 0.05) is 11.1 Å². The van der Waals surface area contributed by atoms with Crippen molar-refractivity contribution in [1.29, 1.82) is 0 Å². The fraction of sp³-hybridized carbons (Fsp3) is 0.269. The first kappa shape index (κ1) is 21.7. The summed E-state index contributed by atoms with van der Waals surface area (Å²) in [5, 5.41) is 7.31. The molecule has 3 aromatic rings. The van der Waals surface area contributed by atoms with Gasteiger partial charge in [-0.05, 0) is 55.8 Å². The van der Waals surface area contributed by atoms with E-state index in [-0.39, 0.29) is 5.91 Å². The molecule has 0 fully saturated rings. The third kappa shape index (κ3) is 5.03. The second kappa shape index (κ2) is 10.2. The molecular weight excluding hydrogens is 398 g/mol. The van der Waals surface area contributed by atoms with E-state index in [0.717, 1.165) is 53.8 Å². The zero-order chi connectivity index (χ0) is 22.3. The van der Waals surface area contributed by atoms with Gasteiger partial charge in [-0.3, -0.25) is 9.69 Å². The Morgan fingerprint density at radius 3 is 2.56 bits per heavy atom. The van der Waals surface area contributed by atoms with Gasteiger partial charge >= 0.3 is 0 Å². The molecule has 0 saturated carbocycles. The summed E-state index contributed by atoms with van der Waals surface area (Å²) in [6, 6.07) is 15.8. The van der Waals surface area contributed by atoms with E-state index >= 15 is 0 Å². The summed E-state index contributed by atoms with van der Waals surface area (Å²) in [5.41, 5.74) is 3.66. The van der Waals surface area contributed by atoms with Gasteiger partial charge in [-0.1, -0.05) is 56.3 Å². The monoisotopic (exact) mass is 427 g/mol. The number of carbonyl (C=O) groups is 1. The van der Waals surface area contributed by atoms with Crippen molar-refractivity contribution in [1.82, 2.24) is 14.9 Å². The van der Waals surface area contributed by atoms with Crippen LogP contribution < -0.4 is 10.6 Å². The van der Waals surface area contributed by atoms with Crippen molar-refractivity contribution in [3.8, 4) is 0 Å². The molecule has 6 nitrogen and oxygen atoms in total. The van der Waals surface area contributed by atoms with Crippen molar-refractivity contribution < 1.29 is 4.79 Å². The van der Waals surface area contributed by atoms with Gasteiger partial charge in [0.2, 0.25) is 5.91 Å². The zero-order valence-corrected chi connectivity index (χ0v) is 18.6. The molecule has 0 unspecified atom stereocenters. The topological polar surface area (TPSA) is 70.2 Å². The lowest BCUT2D eigenvalue weighted by Gasteiger charge is -2.20. The van der Waals surface area contributed by atoms with Crippen LogP contribution in [0.4, 0.5) is 11.5 Å². The normalized spacial score (nSPS) is 12.8. The van der Waals surface area contributed by atoms with Gasteiger partial charge < -0.3 is 10.6 Å². The van der Waals surface area contributed by atoms with E-state index in [0.29, 0.717) is 18.2 Å². The van der Waals surface area contributed by atoms with Crippen LogP contribution in [-0.4, -0.2) is 40.4 Å². The quantitative estimate of drug-likeness (QED) is 0.519. The second-order valence-electron chi connectivity index (χ2n) is 7.89. The summed E-state index contributed by atoms with van der Waals surface area (Å²) in [7, 11) is 0. The molecule has 0 bridgehead atoms. The van der Waals surface area contributed by atoms with Crippen LogP contribution >= 0.6 is 0 Å². The fourth-order valence-corrected chi connectivity index (χ4v) is 3.89. The molecule has 2 heterocycles. The predicted octanol–water partition coefficient (Wildman–Crippen LogP) is 5.17. The Balaban J connectivity index is 1.64. The average molecular weight is 428 g/mol. The zero-order valence-electron chi connectivity index (χ0n) is 18.6. The summed E-state index contributed by atoms with van der Waals surface area (Å²) in [6.45, 7) is 6.42. The van der Waals surface area contributed by atoms with E-state index in [1.807, 2.05) is 54.6 Å². The van der Waals surface area contributed by atoms with Crippen molar-refractivity contribution in [3.63, 3.8) is 0 Å². The van der Waals surface area contributed by atoms with Crippen molar-refractivity contribution in [3.05, 3.63) is 72.1 Å². The number of benzene rings is 2. The van der Waals surface area contributed by atoms with Crippen LogP contribution in [0.25, 0.3) is 22.7 Å². The van der Waals surface area contributed by atoms with E-state index in [1.54, 1.807) is 0 Å². The number of hydrogen-bond donors (Lipinski definition) is 2. The minimum atomic E-state index is -0.0604. The first-order valence-corrected chi connectivity index (χ1v) is 11.2. The standard InChI is InChI=1S/C26H29N5O/c1-3-16-31(17-4-2)18-24(32)29-25-20-12-6-8-14-22(20)28-26(30-25)23-15-9-11-19-10-5-7-13-21(19)27-23/h5-15,27H,3-4,16-18H2,1-2H3,(H,28,29,30,32). The summed E-state index contributed by atoms with van der Waals surface area (Å²) >= 11 is 0. The highest BCUT2D eigenvalue weighted by Gasteiger charge is 2.16. The molecule has 1 aliphatic heterocycles. The highest BCUT2D eigenvalue weighted by molar-refractivity contribution is 6.00. The Labute approximate surface area is 189 Å². The van der Waals surface area contributed by atoms with Crippen LogP contribution in [0, 0.1) is 0 Å². The molecule has 1 aromatic heterocycles. The molecule has 2 aromatic carbocycles. The maximum absolute atomic E-state index is 12.9. The van der Waals surface area contributed by atoms with Crippen molar-refractivity contribution in [2.45, 2.75) is 26.7 Å². The number of rotatable bonds is 8. The lowest BCUT2D eigenvalue weighted by Crippen LogP contribution is -2.34. The largest absolute Gasteiger partial charge is 0.352 e. The Morgan fingerprint density at radius 2 is 1.75 bits per heavy atom. The molecule has 6 heteroatoms. The number of anilines is 2. The van der Waals surface area contributed by atoms with Crippen LogP contribution in [0.1, 0.15) is 38.1 Å². The number of para-hydroxylation sites is 2. The van der Waals surface area contributed by atoms with Crippen LogP contribution in [0.3, 0.4) is 0 Å². The number of fused-ring (bicyclic) bond motifs is 2. The molecule has 4 rings (SSSR count). The Kier molecular flexibility index (Phi) is 6.92. The molecule has 0 atom stereocenters. The van der Waals surface area contributed by atoms with Crippen LogP contribution in [0.15, 0.2) is 60.7 Å². The second-order valence-corrected chi connectivity index (χ2v) is 7.89. The summed E-state index contributed by atoms with van der Waals surface area (Å²) in [5.74, 6) is 1.02. The Bertz CT molecular complexity index is 1160. The third-order valence-corrected chi connectivity index (χ3v) is 5.32.